The van der Waals surface area contributed by atoms with Crippen molar-refractivity contribution >= 4 is 5.96 Å². The fraction of sp³-hybridized carbons (Fsp3) is 0.632. The number of nitrogens with zero attached hydrogens (tertiary/aromatic N) is 2. The molecule has 0 aromatic heterocycles. The molecule has 1 aliphatic heterocycles. The number of nitrogens with one attached hydrogen (secondary N) is 1. The van der Waals surface area contributed by atoms with Gasteiger partial charge >= 0.3 is 0 Å². The van der Waals surface area contributed by atoms with E-state index in [-0.39, 0.29) is 0 Å². The predicted octanol–water partition coefficient (Wildman–Crippen LogP) is 3.04. The van der Waals surface area contributed by atoms with Crippen LogP contribution in [0.3, 0.4) is 0 Å². The van der Waals surface area contributed by atoms with Crippen molar-refractivity contribution in [2.75, 3.05) is 32.8 Å². The number of aliphatic imine (C=N–C) groups is 1. The molecule has 0 atom stereocenters. The van der Waals surface area contributed by atoms with Crippen LogP contribution in [0.5, 0.6) is 0 Å². The number of hydrogen-bond donors (Lipinski definition) is 1. The van der Waals surface area contributed by atoms with Gasteiger partial charge < -0.3 is 15.0 Å². The molecule has 0 radical (unpaired) electrons. The lowest BCUT2D eigenvalue weighted by Gasteiger charge is -2.38. The molecule has 0 bridgehead atoms. The van der Waals surface area contributed by atoms with E-state index < -0.39 is 0 Å². The first kappa shape index (κ1) is 16.3. The summed E-state index contributed by atoms with van der Waals surface area (Å²) in [7, 11) is 0. The fourth-order valence-corrected chi connectivity index (χ4v) is 3.61. The highest BCUT2D eigenvalue weighted by atomic mass is 16.5. The van der Waals surface area contributed by atoms with Gasteiger partial charge in [0.05, 0.1) is 19.8 Å². The van der Waals surface area contributed by atoms with E-state index in [1.165, 1.54) is 37.8 Å². The molecule has 1 aliphatic carbocycles. The van der Waals surface area contributed by atoms with Gasteiger partial charge in [0.2, 0.25) is 0 Å². The fourth-order valence-electron chi connectivity index (χ4n) is 3.61. The Morgan fingerprint density at radius 3 is 2.74 bits per heavy atom. The van der Waals surface area contributed by atoms with Gasteiger partial charge in [-0.25, -0.2) is 0 Å². The van der Waals surface area contributed by atoms with Gasteiger partial charge in [0.1, 0.15) is 0 Å². The molecule has 1 N–H and O–H groups in total. The number of likely N-dealkylation sites (tertiary alicyclic amines) is 1. The Bertz CT molecular complexity index is 511. The lowest BCUT2D eigenvalue weighted by atomic mass is 9.68. The SMILES string of the molecule is CCNC(=NCCOCc1ccccc1)N1CCC2(CCC2)C1. The Morgan fingerprint density at radius 2 is 2.09 bits per heavy atom. The molecule has 3 rings (SSSR count). The molecule has 1 aromatic carbocycles. The first-order chi connectivity index (χ1) is 11.3. The second kappa shape index (κ2) is 7.82. The standard InChI is InChI=1S/C19H29N3O/c1-2-20-18(22-13-11-19(16-22)9-6-10-19)21-12-14-23-15-17-7-4-3-5-8-17/h3-5,7-8H,2,6,9-16H2,1H3,(H,20,21). The molecule has 23 heavy (non-hydrogen) atoms. The number of benzene rings is 1. The first-order valence-corrected chi connectivity index (χ1v) is 8.96. The van der Waals surface area contributed by atoms with Crippen molar-refractivity contribution in [2.45, 2.75) is 39.2 Å². The maximum atomic E-state index is 5.73. The lowest BCUT2D eigenvalue weighted by molar-refractivity contribution is 0.128. The van der Waals surface area contributed by atoms with Crippen LogP contribution in [-0.4, -0.2) is 43.6 Å². The molecule has 1 saturated carbocycles. The van der Waals surface area contributed by atoms with Crippen LogP contribution in [0.4, 0.5) is 0 Å². The minimum absolute atomic E-state index is 0.611. The van der Waals surface area contributed by atoms with Crippen molar-refractivity contribution in [1.29, 1.82) is 0 Å². The highest BCUT2D eigenvalue weighted by Crippen LogP contribution is 2.47. The van der Waals surface area contributed by atoms with E-state index in [2.05, 4.69) is 29.3 Å². The third-order valence-corrected chi connectivity index (χ3v) is 5.10. The topological polar surface area (TPSA) is 36.9 Å². The smallest absolute Gasteiger partial charge is 0.194 e. The van der Waals surface area contributed by atoms with Crippen LogP contribution < -0.4 is 5.32 Å². The van der Waals surface area contributed by atoms with Gasteiger partial charge in [-0.05, 0) is 37.2 Å². The van der Waals surface area contributed by atoms with Crippen LogP contribution in [0.2, 0.25) is 0 Å². The molecular weight excluding hydrogens is 286 g/mol. The molecular formula is C19H29N3O. The van der Waals surface area contributed by atoms with E-state index in [1.807, 2.05) is 18.2 Å². The molecule has 2 aliphatic rings. The van der Waals surface area contributed by atoms with Gasteiger partial charge in [-0.15, -0.1) is 0 Å². The summed E-state index contributed by atoms with van der Waals surface area (Å²) in [6, 6.07) is 10.3. The van der Waals surface area contributed by atoms with Crippen molar-refractivity contribution in [2.24, 2.45) is 10.4 Å². The minimum Gasteiger partial charge on any atom is -0.375 e. The zero-order chi connectivity index (χ0) is 16.0. The Hall–Kier alpha value is -1.55. The quantitative estimate of drug-likeness (QED) is 0.498. The van der Waals surface area contributed by atoms with Gasteiger partial charge in [-0.1, -0.05) is 36.8 Å². The molecule has 4 nitrogen and oxygen atoms in total. The Morgan fingerprint density at radius 1 is 1.26 bits per heavy atom. The van der Waals surface area contributed by atoms with Crippen LogP contribution in [-0.2, 0) is 11.3 Å². The van der Waals surface area contributed by atoms with Crippen LogP contribution in [0.25, 0.3) is 0 Å². The first-order valence-electron chi connectivity index (χ1n) is 8.96. The van der Waals surface area contributed by atoms with Crippen molar-refractivity contribution < 1.29 is 4.74 Å². The van der Waals surface area contributed by atoms with Gasteiger partial charge in [-0.3, -0.25) is 4.99 Å². The van der Waals surface area contributed by atoms with E-state index in [0.29, 0.717) is 18.6 Å². The van der Waals surface area contributed by atoms with Crippen molar-refractivity contribution in [3.63, 3.8) is 0 Å². The molecule has 1 aromatic rings. The van der Waals surface area contributed by atoms with Crippen LogP contribution >= 0.6 is 0 Å². The Labute approximate surface area is 139 Å². The van der Waals surface area contributed by atoms with Gasteiger partial charge in [0.25, 0.3) is 0 Å². The van der Waals surface area contributed by atoms with Gasteiger partial charge in [0, 0.05) is 19.6 Å². The summed E-state index contributed by atoms with van der Waals surface area (Å²) in [4.78, 5) is 7.20. The number of rotatable bonds is 6. The summed E-state index contributed by atoms with van der Waals surface area (Å²) in [5.74, 6) is 1.07. The zero-order valence-electron chi connectivity index (χ0n) is 14.3. The molecule has 2 fully saturated rings. The molecule has 0 amide bonds. The molecule has 1 spiro atoms. The summed E-state index contributed by atoms with van der Waals surface area (Å²) in [5, 5.41) is 3.44. The van der Waals surface area contributed by atoms with Gasteiger partial charge in [0.15, 0.2) is 5.96 Å². The second-order valence-corrected chi connectivity index (χ2v) is 6.80. The van der Waals surface area contributed by atoms with E-state index in [0.717, 1.165) is 25.6 Å². The van der Waals surface area contributed by atoms with E-state index in [4.69, 9.17) is 9.73 Å². The Balaban J connectivity index is 1.43. The van der Waals surface area contributed by atoms with Crippen molar-refractivity contribution in [3.05, 3.63) is 35.9 Å². The summed E-state index contributed by atoms with van der Waals surface area (Å²) >= 11 is 0. The van der Waals surface area contributed by atoms with E-state index in [9.17, 15) is 0 Å². The summed E-state index contributed by atoms with van der Waals surface area (Å²) in [6.07, 6.45) is 5.56. The van der Waals surface area contributed by atoms with E-state index in [1.54, 1.807) is 0 Å². The third-order valence-electron chi connectivity index (χ3n) is 5.10. The van der Waals surface area contributed by atoms with Crippen LogP contribution in [0.1, 0.15) is 38.2 Å². The highest BCUT2D eigenvalue weighted by Gasteiger charge is 2.43. The second-order valence-electron chi connectivity index (χ2n) is 6.80. The largest absolute Gasteiger partial charge is 0.375 e. The highest BCUT2D eigenvalue weighted by molar-refractivity contribution is 5.80. The van der Waals surface area contributed by atoms with Gasteiger partial charge in [-0.2, -0.15) is 0 Å². The molecule has 126 valence electrons. The summed E-state index contributed by atoms with van der Waals surface area (Å²) < 4.78 is 5.73. The number of ether oxygens (including phenoxy) is 1. The minimum atomic E-state index is 0.611. The Kier molecular flexibility index (Phi) is 5.55. The molecule has 1 heterocycles. The molecule has 4 heteroatoms. The summed E-state index contributed by atoms with van der Waals surface area (Å²) in [5.41, 5.74) is 1.83. The van der Waals surface area contributed by atoms with Crippen molar-refractivity contribution in [3.8, 4) is 0 Å². The van der Waals surface area contributed by atoms with Crippen LogP contribution in [0, 0.1) is 5.41 Å². The number of guanidine groups is 1. The predicted molar refractivity (Wildman–Crippen MR) is 94.6 cm³/mol. The monoisotopic (exact) mass is 315 g/mol. The molecule has 1 saturated heterocycles. The molecule has 0 unspecified atom stereocenters. The average Bonchev–Trinajstić information content (AvgIpc) is 3.00. The third kappa shape index (κ3) is 4.25. The zero-order valence-corrected chi connectivity index (χ0v) is 14.3. The van der Waals surface area contributed by atoms with E-state index >= 15 is 0 Å². The van der Waals surface area contributed by atoms with Crippen molar-refractivity contribution in [1.82, 2.24) is 10.2 Å². The lowest BCUT2D eigenvalue weighted by Crippen LogP contribution is -2.42. The number of hydrogen-bond acceptors (Lipinski definition) is 2. The maximum Gasteiger partial charge on any atom is 0.194 e. The maximum absolute atomic E-state index is 5.73. The van der Waals surface area contributed by atoms with Crippen LogP contribution in [0.15, 0.2) is 35.3 Å². The summed E-state index contributed by atoms with van der Waals surface area (Å²) in [6.45, 7) is 7.45. The average molecular weight is 315 g/mol. The normalized spacial score (nSPS) is 19.9.